The summed E-state index contributed by atoms with van der Waals surface area (Å²) in [6.07, 6.45) is -0.306. The highest BCUT2D eigenvalue weighted by molar-refractivity contribution is 6.01. The van der Waals surface area contributed by atoms with E-state index >= 15 is 0 Å². The predicted octanol–water partition coefficient (Wildman–Crippen LogP) is -1.83. The monoisotopic (exact) mass is 454 g/mol. The van der Waals surface area contributed by atoms with E-state index < -0.39 is 18.2 Å². The number of aliphatic hydroxyl groups excluding tert-OH is 1. The van der Waals surface area contributed by atoms with Gasteiger partial charge in [0.1, 0.15) is 0 Å². The summed E-state index contributed by atoms with van der Waals surface area (Å²) in [6, 6.07) is 8.13. The molecule has 0 saturated heterocycles. The number of rotatable bonds is 5. The quantitative estimate of drug-likeness (QED) is 0.181. The van der Waals surface area contributed by atoms with E-state index in [1.165, 1.54) is 0 Å². The lowest BCUT2D eigenvalue weighted by Gasteiger charge is -2.37. The Balaban J connectivity index is 2.30. The predicted molar refractivity (Wildman–Crippen MR) is 132 cm³/mol. The maximum absolute atomic E-state index is 10.9. The molecule has 13 nitrogen and oxygen atoms in total. The lowest BCUT2D eigenvalue weighted by molar-refractivity contribution is 0.0914. The number of hydrogen-bond acceptors (Lipinski definition) is 5. The highest BCUT2D eigenvalue weighted by Crippen LogP contribution is 2.46. The average molecular weight is 455 g/mol. The molecule has 3 rings (SSSR count). The fourth-order valence-electron chi connectivity index (χ4n) is 4.33. The van der Waals surface area contributed by atoms with Gasteiger partial charge in [-0.05, 0) is 29.9 Å². The molecular formula is C20H30N12O. The van der Waals surface area contributed by atoms with E-state index in [1.54, 1.807) is 6.07 Å². The van der Waals surface area contributed by atoms with Gasteiger partial charge >= 0.3 is 0 Å². The molecule has 0 unspecified atom stereocenters. The first-order chi connectivity index (χ1) is 15.6. The maximum atomic E-state index is 10.9. The molecule has 13 heteroatoms. The van der Waals surface area contributed by atoms with Crippen LogP contribution in [-0.2, 0) is 0 Å². The van der Waals surface area contributed by atoms with E-state index in [9.17, 15) is 5.11 Å². The Morgan fingerprint density at radius 3 is 1.82 bits per heavy atom. The van der Waals surface area contributed by atoms with E-state index in [0.717, 1.165) is 16.3 Å². The Kier molecular flexibility index (Phi) is 6.72. The molecule has 0 heterocycles. The molecule has 0 spiro atoms. The molecule has 1 aliphatic rings. The summed E-state index contributed by atoms with van der Waals surface area (Å²) in [6.45, 7) is 0. The standard InChI is InChI=1S/C20H30N12O/c21-17(22)29-11-7-14(32-20(27)28)16(9-4-2-1-3-8(9)11)10-5-15(33)13(31-19(25)26)6-12(10)30-18(23)24/h1-4,7,10,12-13,15,33H,5-6H2,(H4,21,22,29)(H4,23,24,30)(H4,25,26,31)(H4,27,28,32)/t10-,12-,13+,15+/m0/s1. The van der Waals surface area contributed by atoms with Gasteiger partial charge in [-0.3, -0.25) is 0 Å². The van der Waals surface area contributed by atoms with Crippen LogP contribution in [0.25, 0.3) is 10.8 Å². The molecule has 0 aliphatic heterocycles. The molecule has 2 aromatic carbocycles. The van der Waals surface area contributed by atoms with Gasteiger partial charge in [-0.2, -0.15) is 0 Å². The van der Waals surface area contributed by atoms with Crippen LogP contribution >= 0.6 is 0 Å². The number of guanidine groups is 4. The highest BCUT2D eigenvalue weighted by Gasteiger charge is 2.39. The Morgan fingerprint density at radius 2 is 1.24 bits per heavy atom. The fraction of sp³-hybridized carbons (Fsp3) is 0.300. The molecule has 176 valence electrons. The van der Waals surface area contributed by atoms with Crippen LogP contribution in [0.1, 0.15) is 24.3 Å². The van der Waals surface area contributed by atoms with Crippen molar-refractivity contribution in [2.45, 2.75) is 36.9 Å². The summed E-state index contributed by atoms with van der Waals surface area (Å²) < 4.78 is 0. The van der Waals surface area contributed by atoms with Crippen molar-refractivity contribution in [1.29, 1.82) is 0 Å². The topological polar surface area (TPSA) is 278 Å². The van der Waals surface area contributed by atoms with Crippen LogP contribution in [0.4, 0.5) is 11.4 Å². The van der Waals surface area contributed by atoms with Crippen LogP contribution in [0.2, 0.25) is 0 Å². The number of fused-ring (bicyclic) bond motifs is 1. The third-order valence-electron chi connectivity index (χ3n) is 5.43. The van der Waals surface area contributed by atoms with Gasteiger partial charge in [-0.25, -0.2) is 20.0 Å². The van der Waals surface area contributed by atoms with Gasteiger partial charge < -0.3 is 51.0 Å². The third-order valence-corrected chi connectivity index (χ3v) is 5.43. The molecule has 2 aromatic rings. The molecule has 0 aromatic heterocycles. The summed E-state index contributed by atoms with van der Waals surface area (Å²) in [5.74, 6) is -0.877. The summed E-state index contributed by atoms with van der Waals surface area (Å²) in [4.78, 5) is 17.1. The summed E-state index contributed by atoms with van der Waals surface area (Å²) in [5, 5.41) is 12.4. The number of nitrogens with zero attached hydrogens (tertiary/aromatic N) is 4. The van der Waals surface area contributed by atoms with Crippen molar-refractivity contribution in [3.63, 3.8) is 0 Å². The van der Waals surface area contributed by atoms with Crippen LogP contribution in [-0.4, -0.2) is 47.1 Å². The number of aliphatic imine (C=N–C) groups is 4. The second-order valence-corrected chi connectivity index (χ2v) is 7.84. The SMILES string of the molecule is NC(N)=Nc1cc(N=C(N)N)c2ccccc2c1[C@H]1C[C@@H](O)[C@H](N=C(N)N)C[C@@H]1N=C(N)N. The van der Waals surface area contributed by atoms with Crippen LogP contribution < -0.4 is 45.9 Å². The van der Waals surface area contributed by atoms with E-state index in [0.29, 0.717) is 17.8 Å². The molecular weight excluding hydrogens is 424 g/mol. The molecule has 1 saturated carbocycles. The van der Waals surface area contributed by atoms with Gasteiger partial charge in [-0.15, -0.1) is 0 Å². The third kappa shape index (κ3) is 5.33. The highest BCUT2D eigenvalue weighted by atomic mass is 16.3. The minimum absolute atomic E-state index is 0.102. The van der Waals surface area contributed by atoms with Crippen molar-refractivity contribution < 1.29 is 5.11 Å². The molecule has 1 aliphatic carbocycles. The molecule has 0 radical (unpaired) electrons. The molecule has 17 N–H and O–H groups in total. The van der Waals surface area contributed by atoms with Crippen molar-refractivity contribution in [2.75, 3.05) is 0 Å². The van der Waals surface area contributed by atoms with Crippen molar-refractivity contribution >= 4 is 46.0 Å². The molecule has 0 bridgehead atoms. The number of hydrogen-bond donors (Lipinski definition) is 9. The van der Waals surface area contributed by atoms with Crippen molar-refractivity contribution in [1.82, 2.24) is 0 Å². The first-order valence-electron chi connectivity index (χ1n) is 10.2. The van der Waals surface area contributed by atoms with Crippen molar-refractivity contribution in [2.24, 2.45) is 65.8 Å². The fourth-order valence-corrected chi connectivity index (χ4v) is 4.33. The Bertz CT molecular complexity index is 1140. The second kappa shape index (κ2) is 9.48. The Labute approximate surface area is 190 Å². The normalized spacial score (nSPS) is 22.2. The van der Waals surface area contributed by atoms with E-state index in [-0.39, 0.29) is 36.2 Å². The molecule has 4 atom stereocenters. The Morgan fingerprint density at radius 1 is 0.697 bits per heavy atom. The van der Waals surface area contributed by atoms with Gasteiger partial charge in [0, 0.05) is 11.3 Å². The number of aliphatic hydroxyl groups is 1. The van der Waals surface area contributed by atoms with Crippen LogP contribution in [0, 0.1) is 0 Å². The number of nitrogens with two attached hydrogens (primary N) is 8. The van der Waals surface area contributed by atoms with E-state index in [1.807, 2.05) is 24.3 Å². The summed E-state index contributed by atoms with van der Waals surface area (Å²) in [7, 11) is 0. The molecule has 1 fully saturated rings. The zero-order valence-electron chi connectivity index (χ0n) is 18.0. The van der Waals surface area contributed by atoms with Gasteiger partial charge in [0.25, 0.3) is 0 Å². The van der Waals surface area contributed by atoms with Crippen LogP contribution in [0.3, 0.4) is 0 Å². The zero-order chi connectivity index (χ0) is 24.3. The largest absolute Gasteiger partial charge is 0.391 e. The number of benzene rings is 2. The molecule has 33 heavy (non-hydrogen) atoms. The maximum Gasteiger partial charge on any atom is 0.191 e. The van der Waals surface area contributed by atoms with E-state index in [2.05, 4.69) is 20.0 Å². The lowest BCUT2D eigenvalue weighted by atomic mass is 9.74. The van der Waals surface area contributed by atoms with Crippen LogP contribution in [0.5, 0.6) is 0 Å². The summed E-state index contributed by atoms with van der Waals surface area (Å²) in [5.41, 5.74) is 46.9. The first-order valence-corrected chi connectivity index (χ1v) is 10.2. The zero-order valence-corrected chi connectivity index (χ0v) is 18.0. The van der Waals surface area contributed by atoms with E-state index in [4.69, 9.17) is 45.9 Å². The van der Waals surface area contributed by atoms with Crippen molar-refractivity contribution in [3.8, 4) is 0 Å². The first kappa shape index (κ1) is 23.4. The smallest absolute Gasteiger partial charge is 0.191 e. The van der Waals surface area contributed by atoms with Gasteiger partial charge in [-0.1, -0.05) is 24.3 Å². The van der Waals surface area contributed by atoms with Crippen molar-refractivity contribution in [3.05, 3.63) is 35.9 Å². The lowest BCUT2D eigenvalue weighted by Crippen LogP contribution is -2.42. The minimum atomic E-state index is -0.856. The van der Waals surface area contributed by atoms with Gasteiger partial charge in [0.2, 0.25) is 0 Å². The Hall–Kier alpha value is -4.26. The second-order valence-electron chi connectivity index (χ2n) is 7.84. The molecule has 0 amide bonds. The van der Waals surface area contributed by atoms with Crippen LogP contribution in [0.15, 0.2) is 50.3 Å². The minimum Gasteiger partial charge on any atom is -0.391 e. The van der Waals surface area contributed by atoms with Gasteiger partial charge in [0.05, 0.1) is 29.6 Å². The van der Waals surface area contributed by atoms with Gasteiger partial charge in [0.15, 0.2) is 23.8 Å². The average Bonchev–Trinajstić information content (AvgIpc) is 2.69. The summed E-state index contributed by atoms with van der Waals surface area (Å²) >= 11 is 0.